The van der Waals surface area contributed by atoms with Gasteiger partial charge in [0.05, 0.1) is 27.9 Å². The molecular weight excluding hydrogens is 386 g/mol. The monoisotopic (exact) mass is 403 g/mol. The van der Waals surface area contributed by atoms with Crippen molar-refractivity contribution in [1.29, 1.82) is 0 Å². The summed E-state index contributed by atoms with van der Waals surface area (Å²) in [6, 6.07) is 5.18. The zero-order valence-corrected chi connectivity index (χ0v) is 16.5. The molecule has 0 aliphatic heterocycles. The second-order valence-electron chi connectivity index (χ2n) is 5.55. The highest BCUT2D eigenvalue weighted by Gasteiger charge is 2.26. The first-order valence-corrected chi connectivity index (χ1v) is 9.83. The molecule has 140 valence electrons. The van der Waals surface area contributed by atoms with Gasteiger partial charge in [-0.2, -0.15) is 0 Å². The largest absolute Gasteiger partial charge is 0.462 e. The summed E-state index contributed by atoms with van der Waals surface area (Å²) in [7, 11) is 1.49. The van der Waals surface area contributed by atoms with Gasteiger partial charge in [0.15, 0.2) is 0 Å². The Labute approximate surface area is 163 Å². The van der Waals surface area contributed by atoms with Crippen LogP contribution in [-0.4, -0.2) is 36.4 Å². The van der Waals surface area contributed by atoms with Crippen molar-refractivity contribution in [2.45, 2.75) is 13.8 Å². The number of thiophene rings is 1. The summed E-state index contributed by atoms with van der Waals surface area (Å²) in [5, 5.41) is 5.60. The number of hydrogen-bond acceptors (Lipinski definition) is 7. The molecule has 0 saturated heterocycles. The van der Waals surface area contributed by atoms with Gasteiger partial charge in [0.1, 0.15) is 9.88 Å². The van der Waals surface area contributed by atoms with Crippen molar-refractivity contribution in [3.8, 4) is 0 Å². The van der Waals surface area contributed by atoms with E-state index in [1.807, 2.05) is 0 Å². The Kier molecular flexibility index (Phi) is 5.52. The molecule has 27 heavy (non-hydrogen) atoms. The van der Waals surface area contributed by atoms with Gasteiger partial charge in [-0.25, -0.2) is 9.78 Å². The third kappa shape index (κ3) is 3.69. The van der Waals surface area contributed by atoms with Crippen LogP contribution in [-0.2, 0) is 4.74 Å². The molecule has 2 heterocycles. The third-order valence-corrected chi connectivity index (χ3v) is 5.86. The summed E-state index contributed by atoms with van der Waals surface area (Å²) in [6.45, 7) is 3.59. The number of thiazole rings is 1. The predicted molar refractivity (Wildman–Crippen MR) is 106 cm³/mol. The number of fused-ring (bicyclic) bond motifs is 1. The van der Waals surface area contributed by atoms with E-state index in [9.17, 15) is 14.4 Å². The van der Waals surface area contributed by atoms with Crippen LogP contribution in [0.15, 0.2) is 23.7 Å². The van der Waals surface area contributed by atoms with E-state index in [2.05, 4.69) is 15.6 Å². The molecule has 0 radical (unpaired) electrons. The fourth-order valence-electron chi connectivity index (χ4n) is 2.56. The van der Waals surface area contributed by atoms with Crippen LogP contribution in [0.2, 0.25) is 0 Å². The maximum atomic E-state index is 12.7. The second kappa shape index (κ2) is 7.85. The second-order valence-corrected chi connectivity index (χ2v) is 7.46. The van der Waals surface area contributed by atoms with Crippen LogP contribution >= 0.6 is 22.7 Å². The number of rotatable bonds is 5. The number of aromatic nitrogens is 1. The van der Waals surface area contributed by atoms with Crippen LogP contribution in [0, 0.1) is 6.92 Å². The number of benzene rings is 1. The van der Waals surface area contributed by atoms with E-state index in [1.165, 1.54) is 18.4 Å². The SMILES string of the molecule is CCOC(=O)c1sc(NC(=O)c2ccc3ncsc3c2)c(C(=O)NC)c1C. The summed E-state index contributed by atoms with van der Waals surface area (Å²) >= 11 is 2.47. The Balaban J connectivity index is 1.96. The molecule has 3 aromatic rings. The lowest BCUT2D eigenvalue weighted by atomic mass is 10.1. The Morgan fingerprint density at radius 2 is 2.00 bits per heavy atom. The summed E-state index contributed by atoms with van der Waals surface area (Å²) in [5.41, 5.74) is 3.71. The molecule has 2 amide bonds. The van der Waals surface area contributed by atoms with Gasteiger partial charge in [-0.1, -0.05) is 0 Å². The number of carbonyl (C=O) groups excluding carboxylic acids is 3. The molecule has 0 saturated carbocycles. The zero-order chi connectivity index (χ0) is 19.6. The Hall–Kier alpha value is -2.78. The number of nitrogens with one attached hydrogen (secondary N) is 2. The normalized spacial score (nSPS) is 10.6. The van der Waals surface area contributed by atoms with E-state index in [0.29, 0.717) is 21.0 Å². The van der Waals surface area contributed by atoms with Gasteiger partial charge in [-0.15, -0.1) is 22.7 Å². The summed E-state index contributed by atoms with van der Waals surface area (Å²) < 4.78 is 5.93. The summed E-state index contributed by atoms with van der Waals surface area (Å²) in [6.07, 6.45) is 0. The van der Waals surface area contributed by atoms with Crippen LogP contribution in [0.1, 0.15) is 42.9 Å². The molecule has 9 heteroatoms. The lowest BCUT2D eigenvalue weighted by Crippen LogP contribution is -2.21. The maximum absolute atomic E-state index is 12.7. The van der Waals surface area contributed by atoms with E-state index < -0.39 is 5.97 Å². The van der Waals surface area contributed by atoms with E-state index in [0.717, 1.165) is 21.6 Å². The van der Waals surface area contributed by atoms with E-state index in [1.54, 1.807) is 37.6 Å². The molecule has 7 nitrogen and oxygen atoms in total. The molecule has 0 fully saturated rings. The van der Waals surface area contributed by atoms with Crippen LogP contribution in [0.5, 0.6) is 0 Å². The number of carbonyl (C=O) groups is 3. The van der Waals surface area contributed by atoms with E-state index in [-0.39, 0.29) is 24.0 Å². The van der Waals surface area contributed by atoms with Crippen molar-refractivity contribution in [3.63, 3.8) is 0 Å². The molecule has 2 N–H and O–H groups in total. The Morgan fingerprint density at radius 3 is 2.70 bits per heavy atom. The first-order valence-electron chi connectivity index (χ1n) is 8.13. The Morgan fingerprint density at radius 1 is 1.22 bits per heavy atom. The Bertz CT molecular complexity index is 1040. The molecular formula is C18H17N3O4S2. The lowest BCUT2D eigenvalue weighted by molar-refractivity contribution is 0.0531. The van der Waals surface area contributed by atoms with Crippen molar-refractivity contribution in [2.75, 3.05) is 19.0 Å². The van der Waals surface area contributed by atoms with Gasteiger partial charge < -0.3 is 15.4 Å². The molecule has 0 spiro atoms. The summed E-state index contributed by atoms with van der Waals surface area (Å²) in [4.78, 5) is 41.6. The number of ether oxygens (including phenoxy) is 1. The number of esters is 1. The van der Waals surface area contributed by atoms with Gasteiger partial charge in [0, 0.05) is 12.6 Å². The molecule has 2 aromatic heterocycles. The summed E-state index contributed by atoms with van der Waals surface area (Å²) in [5.74, 6) is -1.27. The molecule has 3 rings (SSSR count). The van der Waals surface area contributed by atoms with Gasteiger partial charge >= 0.3 is 5.97 Å². The van der Waals surface area contributed by atoms with E-state index >= 15 is 0 Å². The molecule has 0 aliphatic rings. The number of amides is 2. The van der Waals surface area contributed by atoms with Crippen LogP contribution in [0.25, 0.3) is 10.2 Å². The average Bonchev–Trinajstić information content (AvgIpc) is 3.25. The van der Waals surface area contributed by atoms with Crippen LogP contribution < -0.4 is 10.6 Å². The fourth-order valence-corrected chi connectivity index (χ4v) is 4.37. The van der Waals surface area contributed by atoms with Gasteiger partial charge in [0.25, 0.3) is 11.8 Å². The van der Waals surface area contributed by atoms with Crippen LogP contribution in [0.4, 0.5) is 5.00 Å². The minimum atomic E-state index is -0.517. The minimum Gasteiger partial charge on any atom is -0.462 e. The van der Waals surface area contributed by atoms with Gasteiger partial charge in [-0.05, 0) is 37.6 Å². The van der Waals surface area contributed by atoms with Gasteiger partial charge in [0.2, 0.25) is 0 Å². The number of nitrogens with zero attached hydrogens (tertiary/aromatic N) is 1. The van der Waals surface area contributed by atoms with Crippen molar-refractivity contribution in [1.82, 2.24) is 10.3 Å². The number of anilines is 1. The van der Waals surface area contributed by atoms with Crippen LogP contribution in [0.3, 0.4) is 0 Å². The molecule has 0 bridgehead atoms. The van der Waals surface area contributed by atoms with Crippen molar-refractivity contribution < 1.29 is 19.1 Å². The number of hydrogen-bond donors (Lipinski definition) is 2. The molecule has 0 aliphatic carbocycles. The maximum Gasteiger partial charge on any atom is 0.348 e. The smallest absolute Gasteiger partial charge is 0.348 e. The van der Waals surface area contributed by atoms with Crippen molar-refractivity contribution >= 4 is 55.7 Å². The van der Waals surface area contributed by atoms with Crippen molar-refractivity contribution in [2.24, 2.45) is 0 Å². The first kappa shape index (κ1) is 19.0. The van der Waals surface area contributed by atoms with Crippen molar-refractivity contribution in [3.05, 3.63) is 45.3 Å². The highest BCUT2D eigenvalue weighted by molar-refractivity contribution is 7.18. The molecule has 1 aromatic carbocycles. The fraction of sp³-hybridized carbons (Fsp3) is 0.222. The lowest BCUT2D eigenvalue weighted by Gasteiger charge is -2.06. The standard InChI is InChI=1S/C18H17N3O4S2/c1-4-25-18(24)14-9(2)13(16(23)19-3)17(27-14)21-15(22)10-5-6-11-12(7-10)26-8-20-11/h5-8H,4H2,1-3H3,(H,19,23)(H,21,22). The van der Waals surface area contributed by atoms with E-state index in [4.69, 9.17) is 4.74 Å². The highest BCUT2D eigenvalue weighted by Crippen LogP contribution is 2.34. The molecule has 0 atom stereocenters. The predicted octanol–water partition coefficient (Wildman–Crippen LogP) is 3.45. The topological polar surface area (TPSA) is 97.4 Å². The minimum absolute atomic E-state index is 0.224. The quantitative estimate of drug-likeness (QED) is 0.636. The molecule has 0 unspecified atom stereocenters. The first-order chi connectivity index (χ1) is 13.0. The highest BCUT2D eigenvalue weighted by atomic mass is 32.1. The zero-order valence-electron chi connectivity index (χ0n) is 14.9. The van der Waals surface area contributed by atoms with Gasteiger partial charge in [-0.3, -0.25) is 9.59 Å². The average molecular weight is 403 g/mol. The third-order valence-electron chi connectivity index (χ3n) is 3.88.